The maximum atomic E-state index is 12.4. The van der Waals surface area contributed by atoms with Gasteiger partial charge in [0.15, 0.2) is 0 Å². The van der Waals surface area contributed by atoms with Gasteiger partial charge in [-0.2, -0.15) is 8.78 Å². The predicted octanol–water partition coefficient (Wildman–Crippen LogP) is 1.64. The van der Waals surface area contributed by atoms with Crippen LogP contribution in [0, 0.1) is 0 Å². The molecule has 1 saturated heterocycles. The summed E-state index contributed by atoms with van der Waals surface area (Å²) in [6.45, 7) is -0.504. The summed E-state index contributed by atoms with van der Waals surface area (Å²) in [7, 11) is 0. The van der Waals surface area contributed by atoms with Crippen molar-refractivity contribution in [3.63, 3.8) is 0 Å². The van der Waals surface area contributed by atoms with Gasteiger partial charge in [0.1, 0.15) is 17.1 Å². The monoisotopic (exact) mass is 312 g/mol. The van der Waals surface area contributed by atoms with Crippen LogP contribution in [0.15, 0.2) is 24.3 Å². The number of ketones is 1. The van der Waals surface area contributed by atoms with E-state index in [1.807, 2.05) is 0 Å². The number of halogens is 2. The van der Waals surface area contributed by atoms with E-state index in [2.05, 4.69) is 10.1 Å². The van der Waals surface area contributed by atoms with E-state index in [0.717, 1.165) is 4.90 Å². The highest BCUT2D eigenvalue weighted by Gasteiger charge is 2.49. The predicted molar refractivity (Wildman–Crippen MR) is 71.4 cm³/mol. The number of nitrogens with one attached hydrogen (secondary N) is 1. The molecule has 8 heteroatoms. The van der Waals surface area contributed by atoms with Gasteiger partial charge in [0.05, 0.1) is 6.54 Å². The lowest BCUT2D eigenvalue weighted by Gasteiger charge is -2.22. The second-order valence-corrected chi connectivity index (χ2v) is 5.05. The van der Waals surface area contributed by atoms with Crippen molar-refractivity contribution in [3.8, 4) is 5.75 Å². The molecule has 0 radical (unpaired) electrons. The molecule has 1 heterocycles. The van der Waals surface area contributed by atoms with Crippen molar-refractivity contribution in [1.29, 1.82) is 0 Å². The molecule has 1 aliphatic heterocycles. The first-order chi connectivity index (χ1) is 10.2. The molecule has 1 atom stereocenters. The summed E-state index contributed by atoms with van der Waals surface area (Å²) in [6.07, 6.45) is 0. The van der Waals surface area contributed by atoms with Crippen molar-refractivity contribution >= 4 is 17.7 Å². The topological polar surface area (TPSA) is 75.7 Å². The summed E-state index contributed by atoms with van der Waals surface area (Å²) in [6, 6.07) is 4.70. The number of Topliss-reactive ketones (excluding diaryl/α,β-unsaturated/α-hetero) is 1. The van der Waals surface area contributed by atoms with Gasteiger partial charge in [0.2, 0.25) is 0 Å². The molecule has 1 aromatic carbocycles. The minimum atomic E-state index is -2.94. The highest BCUT2D eigenvalue weighted by atomic mass is 19.3. The number of hydrogen-bond acceptors (Lipinski definition) is 4. The number of carbonyl (C=O) groups excluding carboxylic acids is 3. The van der Waals surface area contributed by atoms with Crippen LogP contribution in [0.25, 0.3) is 0 Å². The number of imide groups is 1. The van der Waals surface area contributed by atoms with E-state index in [-0.39, 0.29) is 18.1 Å². The molecule has 0 spiro atoms. The van der Waals surface area contributed by atoms with E-state index in [9.17, 15) is 23.2 Å². The summed E-state index contributed by atoms with van der Waals surface area (Å²) in [5, 5.41) is 2.51. The zero-order chi connectivity index (χ0) is 16.5. The lowest BCUT2D eigenvalue weighted by molar-refractivity contribution is -0.133. The number of rotatable bonds is 5. The fourth-order valence-corrected chi connectivity index (χ4v) is 2.23. The Morgan fingerprint density at radius 2 is 1.91 bits per heavy atom. The van der Waals surface area contributed by atoms with Gasteiger partial charge in [0.25, 0.3) is 5.91 Å². The molecule has 0 aromatic heterocycles. The van der Waals surface area contributed by atoms with Gasteiger partial charge in [-0.05, 0) is 31.5 Å². The molecule has 6 nitrogen and oxygen atoms in total. The Morgan fingerprint density at radius 1 is 1.32 bits per heavy atom. The molecule has 22 heavy (non-hydrogen) atoms. The van der Waals surface area contributed by atoms with Crippen LogP contribution in [-0.2, 0) is 15.1 Å². The van der Waals surface area contributed by atoms with Crippen molar-refractivity contribution in [2.24, 2.45) is 0 Å². The van der Waals surface area contributed by atoms with Crippen molar-refractivity contribution in [3.05, 3.63) is 29.8 Å². The molecule has 3 amide bonds. The molecule has 1 aliphatic rings. The molecule has 2 rings (SSSR count). The number of urea groups is 1. The average Bonchev–Trinajstić information content (AvgIpc) is 2.63. The Kier molecular flexibility index (Phi) is 4.11. The largest absolute Gasteiger partial charge is 0.435 e. The lowest BCUT2D eigenvalue weighted by Crippen LogP contribution is -2.41. The first kappa shape index (κ1) is 15.9. The van der Waals surface area contributed by atoms with E-state index in [1.165, 1.54) is 38.1 Å². The summed E-state index contributed by atoms with van der Waals surface area (Å²) in [4.78, 5) is 36.2. The molecule has 118 valence electrons. The van der Waals surface area contributed by atoms with Crippen LogP contribution in [0.3, 0.4) is 0 Å². The Hall–Kier alpha value is -2.51. The van der Waals surface area contributed by atoms with E-state index >= 15 is 0 Å². The number of benzene rings is 1. The smallest absolute Gasteiger partial charge is 0.387 e. The van der Waals surface area contributed by atoms with Gasteiger partial charge in [-0.25, -0.2) is 4.79 Å². The van der Waals surface area contributed by atoms with Gasteiger partial charge in [0, 0.05) is 0 Å². The zero-order valence-electron chi connectivity index (χ0n) is 11.9. The van der Waals surface area contributed by atoms with Crippen LogP contribution in [-0.4, -0.2) is 35.8 Å². The van der Waals surface area contributed by atoms with E-state index in [1.54, 1.807) is 0 Å². The molecule has 0 bridgehead atoms. The quantitative estimate of drug-likeness (QED) is 0.839. The normalized spacial score (nSPS) is 21.2. The zero-order valence-corrected chi connectivity index (χ0v) is 11.9. The van der Waals surface area contributed by atoms with Gasteiger partial charge >= 0.3 is 12.6 Å². The van der Waals surface area contributed by atoms with Crippen molar-refractivity contribution in [1.82, 2.24) is 10.2 Å². The number of nitrogens with zero attached hydrogens (tertiary/aromatic N) is 1. The third-order valence-electron chi connectivity index (χ3n) is 3.31. The second kappa shape index (κ2) is 5.70. The minimum absolute atomic E-state index is 0.0558. The average molecular weight is 312 g/mol. The first-order valence-electron chi connectivity index (χ1n) is 6.43. The highest BCUT2D eigenvalue weighted by molar-refractivity contribution is 6.09. The van der Waals surface area contributed by atoms with Crippen molar-refractivity contribution in [2.45, 2.75) is 26.0 Å². The number of amides is 3. The van der Waals surface area contributed by atoms with Gasteiger partial charge in [-0.15, -0.1) is 0 Å². The third-order valence-corrected chi connectivity index (χ3v) is 3.31. The molecule has 1 fully saturated rings. The van der Waals surface area contributed by atoms with E-state index < -0.39 is 24.1 Å². The Labute approximate surface area is 125 Å². The Bertz CT molecular complexity index is 618. The first-order valence-corrected chi connectivity index (χ1v) is 6.43. The SMILES string of the molecule is CC(=O)CN1C(=O)N[C@](C)(c2ccc(OC(F)F)cc2)C1=O. The summed E-state index contributed by atoms with van der Waals surface area (Å²) >= 11 is 0. The number of hydrogen-bond donors (Lipinski definition) is 1. The van der Waals surface area contributed by atoms with Crippen LogP contribution in [0.2, 0.25) is 0 Å². The Morgan fingerprint density at radius 3 is 2.41 bits per heavy atom. The fraction of sp³-hybridized carbons (Fsp3) is 0.357. The summed E-state index contributed by atoms with van der Waals surface area (Å²) in [5.41, 5.74) is -0.950. The van der Waals surface area contributed by atoms with Crippen LogP contribution in [0.4, 0.5) is 13.6 Å². The molecular formula is C14H14F2N2O4. The molecular weight excluding hydrogens is 298 g/mol. The van der Waals surface area contributed by atoms with Gasteiger partial charge in [-0.1, -0.05) is 12.1 Å². The standard InChI is InChI=1S/C14H14F2N2O4/c1-8(19)7-18-11(20)14(2,17-13(18)21)9-3-5-10(6-4-9)22-12(15)16/h3-6,12H,7H2,1-2H3,(H,17,21)/t14-/m1/s1. The fourth-order valence-electron chi connectivity index (χ4n) is 2.23. The Balaban J connectivity index is 2.25. The number of ether oxygens (including phenoxy) is 1. The van der Waals surface area contributed by atoms with E-state index in [4.69, 9.17) is 0 Å². The minimum Gasteiger partial charge on any atom is -0.435 e. The second-order valence-electron chi connectivity index (χ2n) is 5.05. The van der Waals surface area contributed by atoms with Crippen LogP contribution in [0.5, 0.6) is 5.75 Å². The lowest BCUT2D eigenvalue weighted by atomic mass is 9.92. The van der Waals surface area contributed by atoms with Crippen molar-refractivity contribution < 1.29 is 27.9 Å². The van der Waals surface area contributed by atoms with Crippen molar-refractivity contribution in [2.75, 3.05) is 6.54 Å². The number of alkyl halides is 2. The molecule has 1 N–H and O–H groups in total. The van der Waals surface area contributed by atoms with E-state index in [0.29, 0.717) is 5.56 Å². The molecule has 1 aromatic rings. The number of carbonyl (C=O) groups is 3. The molecule has 0 unspecified atom stereocenters. The summed E-state index contributed by atoms with van der Waals surface area (Å²) in [5.74, 6) is -0.955. The molecule has 0 saturated carbocycles. The van der Waals surface area contributed by atoms with Gasteiger partial charge < -0.3 is 10.1 Å². The third kappa shape index (κ3) is 2.90. The highest BCUT2D eigenvalue weighted by Crippen LogP contribution is 2.30. The maximum Gasteiger partial charge on any atom is 0.387 e. The van der Waals surface area contributed by atoms with Crippen LogP contribution < -0.4 is 10.1 Å². The molecule has 0 aliphatic carbocycles. The maximum absolute atomic E-state index is 12.4. The summed E-state index contributed by atoms with van der Waals surface area (Å²) < 4.78 is 28.4. The van der Waals surface area contributed by atoms with Gasteiger partial charge in [-0.3, -0.25) is 14.5 Å². The van der Waals surface area contributed by atoms with Crippen LogP contribution in [0.1, 0.15) is 19.4 Å². The van der Waals surface area contributed by atoms with Crippen LogP contribution >= 0.6 is 0 Å².